The van der Waals surface area contributed by atoms with Crippen molar-refractivity contribution >= 4 is 11.6 Å². The van der Waals surface area contributed by atoms with Crippen LogP contribution in [-0.2, 0) is 0 Å². The molecule has 0 saturated carbocycles. The largest absolute Gasteiger partial charge is 0.417 e. The first kappa shape index (κ1) is 16.6. The summed E-state index contributed by atoms with van der Waals surface area (Å²) in [6.45, 7) is -0.220. The molecular weight excluding hydrogens is 297 g/mol. The highest BCUT2D eigenvalue weighted by Gasteiger charge is 2.54. The van der Waals surface area contributed by atoms with Gasteiger partial charge in [0.2, 0.25) is 0 Å². The zero-order chi connectivity index (χ0) is 16.5. The van der Waals surface area contributed by atoms with E-state index in [-0.39, 0.29) is 19.0 Å². The number of carbonyl (C=O) groups excluding carboxylic acids is 1. The summed E-state index contributed by atoms with van der Waals surface area (Å²) in [5.74, 6) is -0.312. The predicted molar refractivity (Wildman–Crippen MR) is 76.9 cm³/mol. The van der Waals surface area contributed by atoms with Gasteiger partial charge in [0.05, 0.1) is 0 Å². The number of anilines is 1. The number of halogens is 3. The summed E-state index contributed by atoms with van der Waals surface area (Å²) < 4.78 is 38.3. The number of hydrogen-bond acceptors (Lipinski definition) is 3. The molecule has 1 heterocycles. The van der Waals surface area contributed by atoms with Crippen molar-refractivity contribution < 1.29 is 23.1 Å². The lowest BCUT2D eigenvalue weighted by Crippen LogP contribution is -2.54. The number of alkyl halides is 3. The van der Waals surface area contributed by atoms with Crippen LogP contribution in [0.1, 0.15) is 23.2 Å². The Labute approximate surface area is 127 Å². The van der Waals surface area contributed by atoms with Crippen molar-refractivity contribution in [2.75, 3.05) is 32.1 Å². The molecule has 2 rings (SSSR count). The Bertz CT molecular complexity index is 550. The molecule has 0 atom stereocenters. The number of likely N-dealkylation sites (tertiary alicyclic amines) is 1. The fourth-order valence-electron chi connectivity index (χ4n) is 2.46. The van der Waals surface area contributed by atoms with Crippen molar-refractivity contribution in [2.45, 2.75) is 24.6 Å². The molecule has 4 nitrogen and oxygen atoms in total. The molecule has 0 spiro atoms. The minimum Gasteiger partial charge on any atom is -0.380 e. The minimum atomic E-state index is -4.66. The van der Waals surface area contributed by atoms with Crippen LogP contribution in [0.5, 0.6) is 0 Å². The Balaban J connectivity index is 2.09. The first-order valence-electron chi connectivity index (χ1n) is 7.00. The molecule has 1 fully saturated rings. The van der Waals surface area contributed by atoms with E-state index in [2.05, 4.69) is 0 Å². The molecule has 122 valence electrons. The van der Waals surface area contributed by atoms with Crippen LogP contribution in [0, 0.1) is 0 Å². The van der Waals surface area contributed by atoms with Crippen LogP contribution in [0.4, 0.5) is 18.9 Å². The molecule has 1 amide bonds. The highest BCUT2D eigenvalue weighted by molar-refractivity contribution is 5.95. The molecule has 0 bridgehead atoms. The smallest absolute Gasteiger partial charge is 0.380 e. The van der Waals surface area contributed by atoms with E-state index >= 15 is 0 Å². The normalized spacial score (nSPS) is 18.2. The van der Waals surface area contributed by atoms with Crippen molar-refractivity contribution in [3.05, 3.63) is 29.8 Å². The molecule has 1 saturated heterocycles. The molecule has 1 N–H and O–H groups in total. The predicted octanol–water partition coefficient (Wildman–Crippen LogP) is 2.28. The maximum Gasteiger partial charge on any atom is 0.417 e. The van der Waals surface area contributed by atoms with Gasteiger partial charge in [-0.05, 0) is 18.2 Å². The van der Waals surface area contributed by atoms with Gasteiger partial charge in [0.15, 0.2) is 5.60 Å². The van der Waals surface area contributed by atoms with Gasteiger partial charge in [-0.25, -0.2) is 0 Å². The molecule has 22 heavy (non-hydrogen) atoms. The summed E-state index contributed by atoms with van der Waals surface area (Å²) in [5.41, 5.74) is -1.41. The molecule has 0 aromatic heterocycles. The van der Waals surface area contributed by atoms with Crippen molar-refractivity contribution in [1.29, 1.82) is 0 Å². The first-order chi connectivity index (χ1) is 10.1. The lowest BCUT2D eigenvalue weighted by Gasteiger charge is -2.39. The summed E-state index contributed by atoms with van der Waals surface area (Å²) in [5, 5.41) is 9.63. The Morgan fingerprint density at radius 3 is 2.36 bits per heavy atom. The third-order valence-electron chi connectivity index (χ3n) is 4.01. The van der Waals surface area contributed by atoms with Crippen LogP contribution < -0.4 is 4.90 Å². The van der Waals surface area contributed by atoms with Crippen LogP contribution in [0.2, 0.25) is 0 Å². The number of amides is 1. The van der Waals surface area contributed by atoms with Gasteiger partial charge in [-0.2, -0.15) is 13.2 Å². The second kappa shape index (κ2) is 5.79. The molecule has 0 unspecified atom stereocenters. The summed E-state index contributed by atoms with van der Waals surface area (Å²) in [6.07, 6.45) is -5.64. The molecule has 1 aromatic carbocycles. The lowest BCUT2D eigenvalue weighted by atomic mass is 9.90. The van der Waals surface area contributed by atoms with Gasteiger partial charge >= 0.3 is 6.18 Å². The number of hydrogen-bond donors (Lipinski definition) is 1. The third-order valence-corrected chi connectivity index (χ3v) is 4.01. The van der Waals surface area contributed by atoms with Gasteiger partial charge in [-0.3, -0.25) is 4.79 Å². The van der Waals surface area contributed by atoms with Crippen LogP contribution in [0.15, 0.2) is 24.3 Å². The van der Waals surface area contributed by atoms with Crippen molar-refractivity contribution in [2.24, 2.45) is 0 Å². The molecule has 1 aliphatic heterocycles. The fraction of sp³-hybridized carbons (Fsp3) is 0.533. The number of aliphatic hydroxyl groups is 1. The summed E-state index contributed by atoms with van der Waals surface area (Å²) in [7, 11) is 3.68. The maximum absolute atomic E-state index is 12.8. The van der Waals surface area contributed by atoms with E-state index < -0.39 is 24.6 Å². The molecule has 7 heteroatoms. The highest BCUT2D eigenvalue weighted by Crippen LogP contribution is 2.38. The van der Waals surface area contributed by atoms with Crippen molar-refractivity contribution in [3.8, 4) is 0 Å². The van der Waals surface area contributed by atoms with Crippen molar-refractivity contribution in [3.63, 3.8) is 0 Å². The standard InChI is InChI=1S/C15H19F3N2O2/c1-19(2)12-5-3-4-11(10-12)13(21)20-8-6-14(22,7-9-20)15(16,17)18/h3-5,10,22H,6-9H2,1-2H3. The highest BCUT2D eigenvalue weighted by atomic mass is 19.4. The van der Waals surface area contributed by atoms with Gasteiger partial charge in [-0.1, -0.05) is 6.07 Å². The fourth-order valence-corrected chi connectivity index (χ4v) is 2.46. The van der Waals surface area contributed by atoms with Gasteiger partial charge in [0, 0.05) is 51.3 Å². The van der Waals surface area contributed by atoms with E-state index in [9.17, 15) is 23.1 Å². The van der Waals surface area contributed by atoms with Crippen LogP contribution in [0.25, 0.3) is 0 Å². The molecular formula is C15H19F3N2O2. The van der Waals surface area contributed by atoms with E-state index in [4.69, 9.17) is 0 Å². The number of nitrogens with zero attached hydrogens (tertiary/aromatic N) is 2. The minimum absolute atomic E-state index is 0.110. The van der Waals surface area contributed by atoms with Gasteiger partial charge in [0.1, 0.15) is 0 Å². The summed E-state index contributed by atoms with van der Waals surface area (Å²) in [4.78, 5) is 15.6. The van der Waals surface area contributed by atoms with Gasteiger partial charge < -0.3 is 14.9 Å². The van der Waals surface area contributed by atoms with Gasteiger partial charge in [-0.15, -0.1) is 0 Å². The Hall–Kier alpha value is -1.76. The van der Waals surface area contributed by atoms with Crippen LogP contribution >= 0.6 is 0 Å². The summed E-state index contributed by atoms with van der Waals surface area (Å²) in [6, 6.07) is 6.92. The maximum atomic E-state index is 12.8. The Morgan fingerprint density at radius 1 is 1.27 bits per heavy atom. The van der Waals surface area contributed by atoms with Crippen LogP contribution in [-0.4, -0.2) is 54.9 Å². The monoisotopic (exact) mass is 316 g/mol. The summed E-state index contributed by atoms with van der Waals surface area (Å²) >= 11 is 0. The second-order valence-corrected chi connectivity index (χ2v) is 5.77. The molecule has 1 aliphatic rings. The van der Waals surface area contributed by atoms with Gasteiger partial charge in [0.25, 0.3) is 5.91 Å². The van der Waals surface area contributed by atoms with E-state index in [1.165, 1.54) is 4.90 Å². The van der Waals surface area contributed by atoms with Crippen LogP contribution in [0.3, 0.4) is 0 Å². The average Bonchev–Trinajstić information content (AvgIpc) is 2.46. The zero-order valence-corrected chi connectivity index (χ0v) is 12.5. The quantitative estimate of drug-likeness (QED) is 0.910. The topological polar surface area (TPSA) is 43.8 Å². The number of piperidine rings is 1. The molecule has 0 aliphatic carbocycles. The van der Waals surface area contributed by atoms with E-state index in [0.29, 0.717) is 5.56 Å². The first-order valence-corrected chi connectivity index (χ1v) is 7.00. The number of rotatable bonds is 2. The third kappa shape index (κ3) is 3.19. The Kier molecular flexibility index (Phi) is 4.37. The van der Waals surface area contributed by atoms with Crippen molar-refractivity contribution in [1.82, 2.24) is 4.90 Å². The number of benzene rings is 1. The van der Waals surface area contributed by atoms with E-state index in [1.807, 2.05) is 25.1 Å². The zero-order valence-electron chi connectivity index (χ0n) is 12.5. The average molecular weight is 316 g/mol. The molecule has 0 radical (unpaired) electrons. The number of carbonyl (C=O) groups is 1. The lowest BCUT2D eigenvalue weighted by molar-refractivity contribution is -0.271. The Morgan fingerprint density at radius 2 is 1.86 bits per heavy atom. The second-order valence-electron chi connectivity index (χ2n) is 5.77. The van der Waals surface area contributed by atoms with E-state index in [0.717, 1.165) is 5.69 Å². The van der Waals surface area contributed by atoms with E-state index in [1.54, 1.807) is 18.2 Å². The molecule has 1 aromatic rings. The SMILES string of the molecule is CN(C)c1cccc(C(=O)N2CCC(O)(C(F)(F)F)CC2)c1.